The summed E-state index contributed by atoms with van der Waals surface area (Å²) in [5.41, 5.74) is 4.69. The molecule has 0 bridgehead atoms. The molecule has 5 heteroatoms. The van der Waals surface area contributed by atoms with Crippen LogP contribution in [-0.2, 0) is 6.61 Å². The van der Waals surface area contributed by atoms with E-state index in [1.807, 2.05) is 25.1 Å². The minimum absolute atomic E-state index is 0.392. The molecule has 0 saturated carbocycles. The fourth-order valence-corrected chi connectivity index (χ4v) is 2.51. The van der Waals surface area contributed by atoms with Crippen molar-refractivity contribution in [2.45, 2.75) is 13.5 Å². The first-order chi connectivity index (χ1) is 12.2. The van der Waals surface area contributed by atoms with Crippen LogP contribution < -0.4 is 4.74 Å². The molecule has 0 unspecified atom stereocenters. The maximum atomic E-state index is 10.7. The summed E-state index contributed by atoms with van der Waals surface area (Å²) in [5, 5.41) is 2.95. The van der Waals surface area contributed by atoms with E-state index in [0.29, 0.717) is 23.6 Å². The Morgan fingerprint density at radius 2 is 1.88 bits per heavy atom. The predicted octanol–water partition coefficient (Wildman–Crippen LogP) is 4.85. The lowest BCUT2D eigenvalue weighted by Crippen LogP contribution is -1.97. The van der Waals surface area contributed by atoms with Gasteiger partial charge in [-0.05, 0) is 71.8 Å². The van der Waals surface area contributed by atoms with E-state index in [9.17, 15) is 9.70 Å². The molecule has 3 rings (SSSR count). The van der Waals surface area contributed by atoms with Gasteiger partial charge in [0, 0.05) is 17.3 Å². The van der Waals surface area contributed by atoms with Crippen molar-refractivity contribution >= 4 is 12.0 Å². The first-order valence-corrected chi connectivity index (χ1v) is 7.77. The molecule has 124 valence electrons. The number of carbonyl (C=O) groups is 1. The van der Waals surface area contributed by atoms with E-state index in [1.165, 1.54) is 0 Å². The van der Waals surface area contributed by atoms with E-state index in [2.05, 4.69) is 10.2 Å². The molecular weight excluding hydrogens is 316 g/mol. The Labute approximate surface area is 145 Å². The summed E-state index contributed by atoms with van der Waals surface area (Å²) in [6.45, 7) is 2.31. The number of aldehydes is 1. The third kappa shape index (κ3) is 3.95. The molecule has 0 aliphatic carbocycles. The SMILES string of the molecule is Cc1cc(N=O)ccc1-c1cc(COc2ccc(C=O)cc2)ccn1. The highest BCUT2D eigenvalue weighted by Gasteiger charge is 2.06. The van der Waals surface area contributed by atoms with E-state index >= 15 is 0 Å². The maximum Gasteiger partial charge on any atom is 0.150 e. The molecule has 0 fully saturated rings. The van der Waals surface area contributed by atoms with E-state index in [0.717, 1.165) is 28.7 Å². The molecule has 0 aliphatic rings. The van der Waals surface area contributed by atoms with Crippen molar-refractivity contribution in [3.63, 3.8) is 0 Å². The van der Waals surface area contributed by atoms with Crippen LogP contribution in [0.1, 0.15) is 21.5 Å². The second kappa shape index (κ2) is 7.49. The number of aromatic nitrogens is 1. The summed E-state index contributed by atoms with van der Waals surface area (Å²) in [4.78, 5) is 25.7. The third-order valence-electron chi connectivity index (χ3n) is 3.84. The summed E-state index contributed by atoms with van der Waals surface area (Å²) >= 11 is 0. The number of carbonyl (C=O) groups excluding carboxylic acids is 1. The van der Waals surface area contributed by atoms with Crippen LogP contribution in [0.25, 0.3) is 11.3 Å². The minimum atomic E-state index is 0.392. The van der Waals surface area contributed by atoms with Gasteiger partial charge in [-0.3, -0.25) is 9.78 Å². The number of ether oxygens (including phenoxy) is 1. The second-order valence-electron chi connectivity index (χ2n) is 5.62. The van der Waals surface area contributed by atoms with Crippen molar-refractivity contribution in [3.8, 4) is 17.0 Å². The highest BCUT2D eigenvalue weighted by Crippen LogP contribution is 2.26. The van der Waals surface area contributed by atoms with Crippen LogP contribution in [0, 0.1) is 11.8 Å². The standard InChI is InChI=1S/C20H16N2O3/c1-14-10-17(22-24)4-7-19(14)20-11-16(8-9-21-20)13-25-18-5-2-15(12-23)3-6-18/h2-12H,13H2,1H3. The lowest BCUT2D eigenvalue weighted by atomic mass is 10.0. The van der Waals surface area contributed by atoms with Crippen LogP contribution in [0.4, 0.5) is 5.69 Å². The fraction of sp³-hybridized carbons (Fsp3) is 0.100. The Hall–Kier alpha value is -3.34. The topological polar surface area (TPSA) is 68.6 Å². The van der Waals surface area contributed by atoms with E-state index in [-0.39, 0.29) is 0 Å². The molecule has 0 radical (unpaired) electrons. The first kappa shape index (κ1) is 16.5. The Balaban J connectivity index is 1.77. The normalized spacial score (nSPS) is 10.3. The summed E-state index contributed by atoms with van der Waals surface area (Å²) in [5.74, 6) is 0.696. The number of hydrogen-bond donors (Lipinski definition) is 0. The molecule has 0 amide bonds. The van der Waals surface area contributed by atoms with Gasteiger partial charge >= 0.3 is 0 Å². The van der Waals surface area contributed by atoms with Crippen molar-refractivity contribution in [2.75, 3.05) is 0 Å². The highest BCUT2D eigenvalue weighted by molar-refractivity contribution is 5.74. The van der Waals surface area contributed by atoms with Gasteiger partial charge in [-0.2, -0.15) is 0 Å². The molecule has 25 heavy (non-hydrogen) atoms. The Bertz CT molecular complexity index is 905. The zero-order valence-corrected chi connectivity index (χ0v) is 13.7. The molecule has 5 nitrogen and oxygen atoms in total. The molecule has 1 heterocycles. The van der Waals surface area contributed by atoms with Crippen molar-refractivity contribution < 1.29 is 9.53 Å². The largest absolute Gasteiger partial charge is 0.489 e. The summed E-state index contributed by atoms with van der Waals surface area (Å²) < 4.78 is 5.75. The van der Waals surface area contributed by atoms with Gasteiger partial charge in [0.2, 0.25) is 0 Å². The summed E-state index contributed by atoms with van der Waals surface area (Å²) in [6, 6.07) is 16.1. The first-order valence-electron chi connectivity index (χ1n) is 7.77. The van der Waals surface area contributed by atoms with Gasteiger partial charge in [0.15, 0.2) is 0 Å². The van der Waals surface area contributed by atoms with Crippen molar-refractivity contribution in [1.82, 2.24) is 4.98 Å². The van der Waals surface area contributed by atoms with Crippen molar-refractivity contribution in [3.05, 3.63) is 82.4 Å². The number of pyridine rings is 1. The van der Waals surface area contributed by atoms with Gasteiger partial charge in [0.1, 0.15) is 24.3 Å². The van der Waals surface area contributed by atoms with E-state index in [4.69, 9.17) is 4.74 Å². The Morgan fingerprint density at radius 1 is 1.08 bits per heavy atom. The highest BCUT2D eigenvalue weighted by atomic mass is 16.5. The smallest absolute Gasteiger partial charge is 0.150 e. The fourth-order valence-electron chi connectivity index (χ4n) is 2.51. The summed E-state index contributed by atoms with van der Waals surface area (Å²) in [6.07, 6.45) is 2.53. The van der Waals surface area contributed by atoms with Crippen LogP contribution in [0.5, 0.6) is 5.75 Å². The Kier molecular flexibility index (Phi) is 4.95. The number of rotatable bonds is 6. The zero-order valence-electron chi connectivity index (χ0n) is 13.7. The maximum absolute atomic E-state index is 10.7. The van der Waals surface area contributed by atoms with Crippen LogP contribution in [-0.4, -0.2) is 11.3 Å². The van der Waals surface area contributed by atoms with E-state index in [1.54, 1.807) is 42.6 Å². The van der Waals surface area contributed by atoms with E-state index < -0.39 is 0 Å². The molecule has 3 aromatic rings. The lowest BCUT2D eigenvalue weighted by molar-refractivity contribution is 0.112. The Morgan fingerprint density at radius 3 is 2.56 bits per heavy atom. The zero-order chi connectivity index (χ0) is 17.6. The average molecular weight is 332 g/mol. The van der Waals surface area contributed by atoms with Gasteiger partial charge in [-0.15, -0.1) is 4.91 Å². The van der Waals surface area contributed by atoms with Crippen LogP contribution in [0.2, 0.25) is 0 Å². The molecule has 2 aromatic carbocycles. The number of benzene rings is 2. The number of nitrogens with zero attached hydrogens (tertiary/aromatic N) is 2. The van der Waals surface area contributed by atoms with Crippen LogP contribution >= 0.6 is 0 Å². The molecule has 0 N–H and O–H groups in total. The summed E-state index contributed by atoms with van der Waals surface area (Å²) in [7, 11) is 0. The third-order valence-corrected chi connectivity index (χ3v) is 3.84. The quantitative estimate of drug-likeness (QED) is 0.478. The number of aryl methyl sites for hydroxylation is 1. The molecule has 0 aliphatic heterocycles. The van der Waals surface area contributed by atoms with Crippen molar-refractivity contribution in [2.24, 2.45) is 5.18 Å². The minimum Gasteiger partial charge on any atom is -0.489 e. The molecule has 1 aromatic heterocycles. The van der Waals surface area contributed by atoms with Gasteiger partial charge in [0.25, 0.3) is 0 Å². The monoisotopic (exact) mass is 332 g/mol. The van der Waals surface area contributed by atoms with Gasteiger partial charge in [-0.1, -0.05) is 6.07 Å². The number of hydrogen-bond acceptors (Lipinski definition) is 5. The number of nitroso groups, excluding NO2 is 1. The molecule has 0 saturated heterocycles. The van der Waals surface area contributed by atoms with Gasteiger partial charge < -0.3 is 4.74 Å². The average Bonchev–Trinajstić information content (AvgIpc) is 2.67. The molecular formula is C20H16N2O3. The van der Waals surface area contributed by atoms with Gasteiger partial charge in [-0.25, -0.2) is 0 Å². The lowest BCUT2D eigenvalue weighted by Gasteiger charge is -2.09. The second-order valence-corrected chi connectivity index (χ2v) is 5.62. The molecule has 0 atom stereocenters. The van der Waals surface area contributed by atoms with Crippen LogP contribution in [0.15, 0.2) is 66.0 Å². The van der Waals surface area contributed by atoms with Crippen LogP contribution in [0.3, 0.4) is 0 Å². The van der Waals surface area contributed by atoms with Gasteiger partial charge in [0.05, 0.1) is 5.69 Å². The van der Waals surface area contributed by atoms with Crippen molar-refractivity contribution in [1.29, 1.82) is 0 Å². The molecule has 0 spiro atoms. The predicted molar refractivity (Wildman–Crippen MR) is 96.0 cm³/mol.